The molecule has 0 aliphatic heterocycles. The fourth-order valence-electron chi connectivity index (χ4n) is 1.54. The molecule has 0 amide bonds. The molecule has 0 unspecified atom stereocenters. The summed E-state index contributed by atoms with van der Waals surface area (Å²) >= 11 is 6.11. The van der Waals surface area contributed by atoms with Crippen LogP contribution in [0.5, 0.6) is 5.75 Å². The zero-order chi connectivity index (χ0) is 13.0. The van der Waals surface area contributed by atoms with E-state index in [0.29, 0.717) is 17.4 Å². The third-order valence-corrected chi connectivity index (χ3v) is 2.88. The highest BCUT2D eigenvalue weighted by atomic mass is 35.5. The van der Waals surface area contributed by atoms with Crippen molar-refractivity contribution in [2.75, 3.05) is 12.4 Å². The van der Waals surface area contributed by atoms with Gasteiger partial charge in [0.05, 0.1) is 0 Å². The fourth-order valence-corrected chi connectivity index (χ4v) is 1.77. The molecule has 2 aromatic carbocycles. The number of anilines is 1. The lowest BCUT2D eigenvalue weighted by atomic mass is 10.2. The number of hydrogen-bond acceptors (Lipinski definition) is 2. The lowest BCUT2D eigenvalue weighted by Gasteiger charge is -2.09. The van der Waals surface area contributed by atoms with Crippen molar-refractivity contribution < 1.29 is 9.13 Å². The molecule has 0 atom stereocenters. The number of hydrogen-bond donors (Lipinski definition) is 1. The maximum atomic E-state index is 13.0. The summed E-state index contributed by atoms with van der Waals surface area (Å²) < 4.78 is 18.4. The average molecular weight is 266 g/mol. The van der Waals surface area contributed by atoms with E-state index in [1.54, 1.807) is 12.1 Å². The molecule has 0 fully saturated rings. The Morgan fingerprint density at radius 1 is 1.22 bits per heavy atom. The van der Waals surface area contributed by atoms with Crippen LogP contribution in [-0.4, -0.2) is 7.05 Å². The molecule has 0 aromatic heterocycles. The van der Waals surface area contributed by atoms with E-state index in [4.69, 9.17) is 16.3 Å². The average Bonchev–Trinajstić information content (AvgIpc) is 2.37. The van der Waals surface area contributed by atoms with Gasteiger partial charge in [0, 0.05) is 29.4 Å². The van der Waals surface area contributed by atoms with Crippen molar-refractivity contribution in [3.63, 3.8) is 0 Å². The molecule has 4 heteroatoms. The normalized spacial score (nSPS) is 10.2. The molecule has 2 aromatic rings. The van der Waals surface area contributed by atoms with Crippen LogP contribution in [0.15, 0.2) is 42.5 Å². The molecule has 0 radical (unpaired) electrons. The molecule has 0 spiro atoms. The second-order valence-corrected chi connectivity index (χ2v) is 4.21. The Hall–Kier alpha value is -1.74. The first kappa shape index (κ1) is 12.7. The van der Waals surface area contributed by atoms with Gasteiger partial charge in [-0.05, 0) is 24.3 Å². The third-order valence-electron chi connectivity index (χ3n) is 2.53. The van der Waals surface area contributed by atoms with Gasteiger partial charge in [-0.25, -0.2) is 4.39 Å². The summed E-state index contributed by atoms with van der Waals surface area (Å²) in [6.45, 7) is 0.312. The van der Waals surface area contributed by atoms with Gasteiger partial charge in [-0.1, -0.05) is 23.7 Å². The first-order chi connectivity index (χ1) is 8.69. The lowest BCUT2D eigenvalue weighted by molar-refractivity contribution is 0.304. The van der Waals surface area contributed by atoms with Gasteiger partial charge in [0.15, 0.2) is 0 Å². The SMILES string of the molecule is CNc1ccc(COc2cccc(F)c2)c(Cl)c1. The fraction of sp³-hybridized carbons (Fsp3) is 0.143. The zero-order valence-electron chi connectivity index (χ0n) is 9.91. The van der Waals surface area contributed by atoms with Crippen LogP contribution in [0.1, 0.15) is 5.56 Å². The van der Waals surface area contributed by atoms with Crippen molar-refractivity contribution in [1.29, 1.82) is 0 Å². The van der Waals surface area contributed by atoms with Gasteiger partial charge >= 0.3 is 0 Å². The largest absolute Gasteiger partial charge is 0.489 e. The predicted octanol–water partition coefficient (Wildman–Crippen LogP) is 4.10. The molecule has 18 heavy (non-hydrogen) atoms. The molecule has 1 N–H and O–H groups in total. The van der Waals surface area contributed by atoms with E-state index in [1.807, 2.05) is 25.2 Å². The maximum absolute atomic E-state index is 13.0. The second kappa shape index (κ2) is 5.74. The van der Waals surface area contributed by atoms with E-state index >= 15 is 0 Å². The van der Waals surface area contributed by atoms with Crippen LogP contribution >= 0.6 is 11.6 Å². The molecule has 0 aliphatic rings. The smallest absolute Gasteiger partial charge is 0.126 e. The van der Waals surface area contributed by atoms with Crippen molar-refractivity contribution >= 4 is 17.3 Å². The highest BCUT2D eigenvalue weighted by molar-refractivity contribution is 6.31. The van der Waals surface area contributed by atoms with Crippen LogP contribution in [0.4, 0.5) is 10.1 Å². The van der Waals surface area contributed by atoms with E-state index in [0.717, 1.165) is 11.3 Å². The van der Waals surface area contributed by atoms with Gasteiger partial charge in [0.2, 0.25) is 0 Å². The minimum atomic E-state index is -0.316. The van der Waals surface area contributed by atoms with E-state index in [-0.39, 0.29) is 5.82 Å². The van der Waals surface area contributed by atoms with Crippen LogP contribution < -0.4 is 10.1 Å². The Morgan fingerprint density at radius 2 is 2.06 bits per heavy atom. The van der Waals surface area contributed by atoms with Crippen LogP contribution in [0.2, 0.25) is 5.02 Å². The van der Waals surface area contributed by atoms with Gasteiger partial charge in [0.25, 0.3) is 0 Å². The summed E-state index contributed by atoms with van der Waals surface area (Å²) in [5, 5.41) is 3.62. The first-order valence-electron chi connectivity index (χ1n) is 5.53. The van der Waals surface area contributed by atoms with Gasteiger partial charge in [-0.15, -0.1) is 0 Å². The molecule has 2 nitrogen and oxygen atoms in total. The van der Waals surface area contributed by atoms with Crippen LogP contribution in [0.3, 0.4) is 0 Å². The van der Waals surface area contributed by atoms with E-state index < -0.39 is 0 Å². The summed E-state index contributed by atoms with van der Waals surface area (Å²) in [6.07, 6.45) is 0. The van der Waals surface area contributed by atoms with E-state index in [1.165, 1.54) is 12.1 Å². The highest BCUT2D eigenvalue weighted by Gasteiger charge is 2.03. The molecule has 0 saturated heterocycles. The van der Waals surface area contributed by atoms with Crippen LogP contribution in [-0.2, 0) is 6.61 Å². The number of nitrogens with one attached hydrogen (secondary N) is 1. The quantitative estimate of drug-likeness (QED) is 0.899. The molecule has 0 aliphatic carbocycles. The minimum absolute atomic E-state index is 0.312. The standard InChI is InChI=1S/C14H13ClFNO/c1-17-12-6-5-10(14(15)8-12)9-18-13-4-2-3-11(16)7-13/h2-8,17H,9H2,1H3. The molecule has 0 saturated carbocycles. The molecule has 0 bridgehead atoms. The summed E-state index contributed by atoms with van der Waals surface area (Å²) in [5.41, 5.74) is 1.80. The highest BCUT2D eigenvalue weighted by Crippen LogP contribution is 2.22. The molecule has 94 valence electrons. The summed E-state index contributed by atoms with van der Waals surface area (Å²) in [6, 6.07) is 11.7. The monoisotopic (exact) mass is 265 g/mol. The minimum Gasteiger partial charge on any atom is -0.489 e. The number of halogens is 2. The second-order valence-electron chi connectivity index (χ2n) is 3.80. The number of benzene rings is 2. The van der Waals surface area contributed by atoms with Crippen molar-refractivity contribution in [3.05, 3.63) is 58.9 Å². The number of rotatable bonds is 4. The molecule has 2 rings (SSSR count). The Kier molecular flexibility index (Phi) is 4.05. The maximum Gasteiger partial charge on any atom is 0.126 e. The van der Waals surface area contributed by atoms with Gasteiger partial charge in [-0.3, -0.25) is 0 Å². The van der Waals surface area contributed by atoms with Crippen LogP contribution in [0, 0.1) is 5.82 Å². The van der Waals surface area contributed by atoms with Crippen molar-refractivity contribution in [2.24, 2.45) is 0 Å². The summed E-state index contributed by atoms with van der Waals surface area (Å²) in [5.74, 6) is 0.174. The van der Waals surface area contributed by atoms with Crippen molar-refractivity contribution in [2.45, 2.75) is 6.61 Å². The molecular weight excluding hydrogens is 253 g/mol. The summed E-state index contributed by atoms with van der Waals surface area (Å²) in [4.78, 5) is 0. The predicted molar refractivity (Wildman–Crippen MR) is 71.7 cm³/mol. The Morgan fingerprint density at radius 3 is 2.72 bits per heavy atom. The number of ether oxygens (including phenoxy) is 1. The lowest BCUT2D eigenvalue weighted by Crippen LogP contribution is -1.97. The summed E-state index contributed by atoms with van der Waals surface area (Å²) in [7, 11) is 1.83. The third kappa shape index (κ3) is 3.14. The molecule has 0 heterocycles. The first-order valence-corrected chi connectivity index (χ1v) is 5.91. The van der Waals surface area contributed by atoms with Gasteiger partial charge < -0.3 is 10.1 Å². The molecular formula is C14H13ClFNO. The van der Waals surface area contributed by atoms with Crippen molar-refractivity contribution in [1.82, 2.24) is 0 Å². The van der Waals surface area contributed by atoms with Gasteiger partial charge in [-0.2, -0.15) is 0 Å². The zero-order valence-corrected chi connectivity index (χ0v) is 10.7. The Bertz CT molecular complexity index is 545. The topological polar surface area (TPSA) is 21.3 Å². The van der Waals surface area contributed by atoms with Crippen molar-refractivity contribution in [3.8, 4) is 5.75 Å². The van der Waals surface area contributed by atoms with Gasteiger partial charge in [0.1, 0.15) is 18.2 Å². The van der Waals surface area contributed by atoms with E-state index in [9.17, 15) is 4.39 Å². The van der Waals surface area contributed by atoms with Crippen LogP contribution in [0.25, 0.3) is 0 Å². The van der Waals surface area contributed by atoms with E-state index in [2.05, 4.69) is 5.32 Å². The Labute approximate surface area is 110 Å². The Balaban J connectivity index is 2.06.